The number of rotatable bonds is 1. The van der Waals surface area contributed by atoms with Gasteiger partial charge in [0.15, 0.2) is 0 Å². The molecular weight excluding hydrogens is 206 g/mol. The molecule has 2 aromatic carbocycles. The quantitative estimate of drug-likeness (QED) is 0.706. The molecular formula is C16H17N. The molecule has 0 fully saturated rings. The Morgan fingerprint density at radius 2 is 1.59 bits per heavy atom. The lowest BCUT2D eigenvalue weighted by atomic mass is 10.1. The van der Waals surface area contributed by atoms with Crippen molar-refractivity contribution in [3.8, 4) is 0 Å². The topological polar surface area (TPSA) is 3.24 Å². The Hall–Kier alpha value is -1.76. The van der Waals surface area contributed by atoms with E-state index >= 15 is 0 Å². The van der Waals surface area contributed by atoms with E-state index < -0.39 is 0 Å². The van der Waals surface area contributed by atoms with Crippen LogP contribution in [0.1, 0.15) is 16.7 Å². The number of hydrogen-bond acceptors (Lipinski definition) is 1. The molecule has 0 N–H and O–H groups in total. The maximum atomic E-state index is 2.46. The fourth-order valence-corrected chi connectivity index (χ4v) is 2.80. The highest BCUT2D eigenvalue weighted by molar-refractivity contribution is 5.74. The normalized spacial score (nSPS) is 13.9. The molecule has 0 amide bonds. The van der Waals surface area contributed by atoms with Crippen molar-refractivity contribution in [2.75, 3.05) is 11.4 Å². The smallest absolute Gasteiger partial charge is 0.0470 e. The third kappa shape index (κ3) is 1.62. The first kappa shape index (κ1) is 10.4. The maximum Gasteiger partial charge on any atom is 0.0470 e. The fraction of sp³-hybridized carbons (Fsp3) is 0.250. The molecule has 1 heterocycles. The van der Waals surface area contributed by atoms with E-state index in [9.17, 15) is 0 Å². The Morgan fingerprint density at radius 3 is 2.35 bits per heavy atom. The van der Waals surface area contributed by atoms with Crippen LogP contribution in [0.4, 0.5) is 11.4 Å². The molecule has 1 nitrogen and oxygen atoms in total. The van der Waals surface area contributed by atoms with E-state index in [-0.39, 0.29) is 0 Å². The summed E-state index contributed by atoms with van der Waals surface area (Å²) in [7, 11) is 0. The minimum absolute atomic E-state index is 1.10. The van der Waals surface area contributed by atoms with Crippen LogP contribution in [0.5, 0.6) is 0 Å². The van der Waals surface area contributed by atoms with Crippen LogP contribution in [0.3, 0.4) is 0 Å². The molecule has 86 valence electrons. The zero-order valence-electron chi connectivity index (χ0n) is 10.4. The van der Waals surface area contributed by atoms with E-state index in [4.69, 9.17) is 0 Å². The van der Waals surface area contributed by atoms with Crippen LogP contribution in [0.15, 0.2) is 42.5 Å². The van der Waals surface area contributed by atoms with Crippen LogP contribution in [0.2, 0.25) is 0 Å². The molecule has 1 aliphatic rings. The summed E-state index contributed by atoms with van der Waals surface area (Å²) in [5.41, 5.74) is 6.96. The molecule has 0 saturated carbocycles. The van der Waals surface area contributed by atoms with Crippen molar-refractivity contribution in [3.05, 3.63) is 59.2 Å². The predicted octanol–water partition coefficient (Wildman–Crippen LogP) is 4.00. The summed E-state index contributed by atoms with van der Waals surface area (Å²) < 4.78 is 0. The van der Waals surface area contributed by atoms with Gasteiger partial charge in [0.05, 0.1) is 0 Å². The van der Waals surface area contributed by atoms with Crippen molar-refractivity contribution in [1.29, 1.82) is 0 Å². The Morgan fingerprint density at radius 1 is 0.882 bits per heavy atom. The highest BCUT2D eigenvalue weighted by Crippen LogP contribution is 2.37. The molecule has 0 saturated heterocycles. The summed E-state index contributed by atoms with van der Waals surface area (Å²) in [4.78, 5) is 2.46. The van der Waals surface area contributed by atoms with E-state index in [2.05, 4.69) is 61.2 Å². The minimum Gasteiger partial charge on any atom is -0.340 e. The van der Waals surface area contributed by atoms with Gasteiger partial charge in [0.25, 0.3) is 0 Å². The monoisotopic (exact) mass is 223 g/mol. The summed E-state index contributed by atoms with van der Waals surface area (Å²) in [6, 6.07) is 15.3. The first-order chi connectivity index (χ1) is 8.27. The largest absolute Gasteiger partial charge is 0.340 e. The van der Waals surface area contributed by atoms with Crippen LogP contribution >= 0.6 is 0 Å². The third-order valence-corrected chi connectivity index (χ3v) is 3.60. The zero-order chi connectivity index (χ0) is 11.8. The van der Waals surface area contributed by atoms with Crippen molar-refractivity contribution >= 4 is 11.4 Å². The van der Waals surface area contributed by atoms with Gasteiger partial charge in [-0.1, -0.05) is 36.4 Å². The standard InChI is InChI=1S/C16H17N/c1-12-6-5-7-13(2)16(12)17-11-10-14-8-3-4-9-15(14)17/h3-9H,10-11H2,1-2H3. The van der Waals surface area contributed by atoms with Crippen molar-refractivity contribution in [2.45, 2.75) is 20.3 Å². The highest BCUT2D eigenvalue weighted by atomic mass is 15.2. The van der Waals surface area contributed by atoms with E-state index in [1.165, 1.54) is 28.1 Å². The number of nitrogens with zero attached hydrogens (tertiary/aromatic N) is 1. The summed E-state index contributed by atoms with van der Waals surface area (Å²) in [5, 5.41) is 0. The molecule has 0 bridgehead atoms. The van der Waals surface area contributed by atoms with E-state index in [1.54, 1.807) is 0 Å². The average molecular weight is 223 g/mol. The summed E-state index contributed by atoms with van der Waals surface area (Å²) in [6.45, 7) is 5.50. The second-order valence-electron chi connectivity index (χ2n) is 4.77. The van der Waals surface area contributed by atoms with E-state index in [0.29, 0.717) is 0 Å². The van der Waals surface area contributed by atoms with Crippen molar-refractivity contribution in [1.82, 2.24) is 0 Å². The van der Waals surface area contributed by atoms with Crippen LogP contribution < -0.4 is 4.90 Å². The lowest BCUT2D eigenvalue weighted by Crippen LogP contribution is -2.15. The molecule has 3 rings (SSSR count). The van der Waals surface area contributed by atoms with Crippen LogP contribution in [-0.2, 0) is 6.42 Å². The fourth-order valence-electron chi connectivity index (χ4n) is 2.80. The Kier molecular flexibility index (Phi) is 2.40. The minimum atomic E-state index is 1.10. The Bertz CT molecular complexity index is 537. The first-order valence-corrected chi connectivity index (χ1v) is 6.19. The second-order valence-corrected chi connectivity index (χ2v) is 4.77. The molecule has 2 aromatic rings. The summed E-state index contributed by atoms with van der Waals surface area (Å²) in [6.07, 6.45) is 1.16. The average Bonchev–Trinajstić information content (AvgIpc) is 2.73. The molecule has 0 aromatic heterocycles. The summed E-state index contributed by atoms with van der Waals surface area (Å²) in [5.74, 6) is 0. The SMILES string of the molecule is Cc1cccc(C)c1N1CCc2ccccc21. The lowest BCUT2D eigenvalue weighted by molar-refractivity contribution is 0.987. The third-order valence-electron chi connectivity index (χ3n) is 3.60. The Labute approximate surface area is 103 Å². The van der Waals surface area contributed by atoms with Gasteiger partial charge in [-0.25, -0.2) is 0 Å². The highest BCUT2D eigenvalue weighted by Gasteiger charge is 2.21. The summed E-state index contributed by atoms with van der Waals surface area (Å²) >= 11 is 0. The number of aryl methyl sites for hydroxylation is 2. The van der Waals surface area contributed by atoms with Gasteiger partial charge in [0.1, 0.15) is 0 Å². The predicted molar refractivity (Wildman–Crippen MR) is 73.1 cm³/mol. The number of fused-ring (bicyclic) bond motifs is 1. The molecule has 0 spiro atoms. The number of anilines is 2. The molecule has 1 aliphatic heterocycles. The van der Waals surface area contributed by atoms with Crippen LogP contribution in [0, 0.1) is 13.8 Å². The van der Waals surface area contributed by atoms with E-state index in [0.717, 1.165) is 13.0 Å². The number of para-hydroxylation sites is 2. The van der Waals surface area contributed by atoms with Crippen LogP contribution in [0.25, 0.3) is 0 Å². The van der Waals surface area contributed by atoms with Gasteiger partial charge in [-0.05, 0) is 43.0 Å². The van der Waals surface area contributed by atoms with Gasteiger partial charge < -0.3 is 4.90 Å². The van der Waals surface area contributed by atoms with Gasteiger partial charge in [0, 0.05) is 17.9 Å². The van der Waals surface area contributed by atoms with Crippen molar-refractivity contribution in [2.24, 2.45) is 0 Å². The van der Waals surface area contributed by atoms with Gasteiger partial charge in [-0.3, -0.25) is 0 Å². The molecule has 17 heavy (non-hydrogen) atoms. The van der Waals surface area contributed by atoms with Gasteiger partial charge in [0.2, 0.25) is 0 Å². The Balaban J connectivity index is 2.13. The van der Waals surface area contributed by atoms with E-state index in [1.807, 2.05) is 0 Å². The van der Waals surface area contributed by atoms with Crippen LogP contribution in [-0.4, -0.2) is 6.54 Å². The second kappa shape index (κ2) is 3.92. The van der Waals surface area contributed by atoms with Gasteiger partial charge in [-0.15, -0.1) is 0 Å². The number of hydrogen-bond donors (Lipinski definition) is 0. The molecule has 1 heteroatoms. The first-order valence-electron chi connectivity index (χ1n) is 6.19. The zero-order valence-corrected chi connectivity index (χ0v) is 10.4. The molecule has 0 unspecified atom stereocenters. The molecule has 0 atom stereocenters. The van der Waals surface area contributed by atoms with Gasteiger partial charge in [-0.2, -0.15) is 0 Å². The number of benzene rings is 2. The maximum absolute atomic E-state index is 2.46. The molecule has 0 aliphatic carbocycles. The molecule has 0 radical (unpaired) electrons. The lowest BCUT2D eigenvalue weighted by Gasteiger charge is -2.23. The van der Waals surface area contributed by atoms with Crippen molar-refractivity contribution in [3.63, 3.8) is 0 Å². The van der Waals surface area contributed by atoms with Crippen molar-refractivity contribution < 1.29 is 0 Å². The van der Waals surface area contributed by atoms with Gasteiger partial charge >= 0.3 is 0 Å².